The highest BCUT2D eigenvalue weighted by molar-refractivity contribution is 5.27. The standard InChI is InChI=1S/C21H33N5/c1-14-17(15(2)26(24-14)21(6,7)8)13-25-10-9-18-16(12-25)11-22-19(23-18)20(3,4)5/h11H,9-10,12-13H2,1-8H3. The Kier molecular flexibility index (Phi) is 4.72. The first kappa shape index (κ1) is 19.0. The summed E-state index contributed by atoms with van der Waals surface area (Å²) in [5, 5.41) is 4.80. The first-order chi connectivity index (χ1) is 12.0. The van der Waals surface area contributed by atoms with E-state index >= 15 is 0 Å². The number of fused-ring (bicyclic) bond motifs is 1. The van der Waals surface area contributed by atoms with E-state index in [4.69, 9.17) is 10.1 Å². The molecule has 0 spiro atoms. The van der Waals surface area contributed by atoms with Gasteiger partial charge in [-0.05, 0) is 34.6 Å². The fourth-order valence-electron chi connectivity index (χ4n) is 3.65. The summed E-state index contributed by atoms with van der Waals surface area (Å²) in [4.78, 5) is 12.0. The van der Waals surface area contributed by atoms with Gasteiger partial charge in [0.15, 0.2) is 0 Å². The molecule has 3 heterocycles. The average molecular weight is 356 g/mol. The molecule has 0 unspecified atom stereocenters. The molecule has 0 N–H and O–H groups in total. The van der Waals surface area contributed by atoms with Crippen molar-refractivity contribution < 1.29 is 0 Å². The zero-order chi connectivity index (χ0) is 19.3. The zero-order valence-electron chi connectivity index (χ0n) is 17.6. The Morgan fingerprint density at radius 3 is 2.35 bits per heavy atom. The fraction of sp³-hybridized carbons (Fsp3) is 0.667. The molecule has 0 bridgehead atoms. The summed E-state index contributed by atoms with van der Waals surface area (Å²) in [5.74, 6) is 0.947. The molecule has 3 rings (SSSR count). The van der Waals surface area contributed by atoms with E-state index in [0.29, 0.717) is 0 Å². The number of aromatic nitrogens is 4. The molecule has 0 saturated heterocycles. The summed E-state index contributed by atoms with van der Waals surface area (Å²) in [6.45, 7) is 20.3. The highest BCUT2D eigenvalue weighted by Gasteiger charge is 2.25. The minimum absolute atomic E-state index is 0.00191. The van der Waals surface area contributed by atoms with Crippen LogP contribution in [-0.2, 0) is 30.5 Å². The second-order valence-corrected chi connectivity index (χ2v) is 9.61. The monoisotopic (exact) mass is 355 g/mol. The molecule has 0 saturated carbocycles. The number of rotatable bonds is 2. The van der Waals surface area contributed by atoms with Crippen LogP contribution in [0.5, 0.6) is 0 Å². The topological polar surface area (TPSA) is 46.8 Å². The predicted octanol–water partition coefficient (Wildman–Crippen LogP) is 3.90. The van der Waals surface area contributed by atoms with Gasteiger partial charge in [-0.25, -0.2) is 9.97 Å². The third-order valence-corrected chi connectivity index (χ3v) is 5.14. The molecule has 2 aromatic heterocycles. The lowest BCUT2D eigenvalue weighted by atomic mass is 9.95. The molecule has 0 fully saturated rings. The molecule has 2 aromatic rings. The Morgan fingerprint density at radius 2 is 1.77 bits per heavy atom. The Morgan fingerprint density at radius 1 is 1.08 bits per heavy atom. The summed E-state index contributed by atoms with van der Waals surface area (Å²) in [7, 11) is 0. The Labute approximate surface area is 157 Å². The molecular weight excluding hydrogens is 322 g/mol. The highest BCUT2D eigenvalue weighted by atomic mass is 15.3. The van der Waals surface area contributed by atoms with Crippen LogP contribution in [0.25, 0.3) is 0 Å². The van der Waals surface area contributed by atoms with Gasteiger partial charge in [0.05, 0.1) is 11.2 Å². The van der Waals surface area contributed by atoms with Crippen molar-refractivity contribution in [3.05, 3.63) is 40.2 Å². The third kappa shape index (κ3) is 3.68. The van der Waals surface area contributed by atoms with Crippen molar-refractivity contribution in [3.8, 4) is 0 Å². The van der Waals surface area contributed by atoms with Gasteiger partial charge in [-0.15, -0.1) is 0 Å². The maximum atomic E-state index is 4.84. The van der Waals surface area contributed by atoms with Crippen LogP contribution in [0.3, 0.4) is 0 Å². The van der Waals surface area contributed by atoms with Crippen molar-refractivity contribution in [2.45, 2.75) is 85.9 Å². The summed E-state index contributed by atoms with van der Waals surface area (Å²) < 4.78 is 2.16. The molecule has 0 aliphatic carbocycles. The molecule has 0 radical (unpaired) electrons. The largest absolute Gasteiger partial charge is 0.294 e. The number of hydrogen-bond donors (Lipinski definition) is 0. The van der Waals surface area contributed by atoms with Crippen molar-refractivity contribution in [2.24, 2.45) is 0 Å². The SMILES string of the molecule is Cc1nn(C(C)(C)C)c(C)c1CN1CCc2nc(C(C)(C)C)ncc2C1. The van der Waals surface area contributed by atoms with E-state index in [0.717, 1.165) is 37.6 Å². The second kappa shape index (κ2) is 6.45. The average Bonchev–Trinajstić information content (AvgIpc) is 2.81. The molecule has 26 heavy (non-hydrogen) atoms. The molecule has 1 aliphatic heterocycles. The van der Waals surface area contributed by atoms with Gasteiger partial charge in [-0.1, -0.05) is 20.8 Å². The van der Waals surface area contributed by atoms with Crippen LogP contribution >= 0.6 is 0 Å². The third-order valence-electron chi connectivity index (χ3n) is 5.14. The predicted molar refractivity (Wildman–Crippen MR) is 105 cm³/mol. The lowest BCUT2D eigenvalue weighted by Crippen LogP contribution is -2.32. The molecule has 142 valence electrons. The maximum absolute atomic E-state index is 4.84. The van der Waals surface area contributed by atoms with Gasteiger partial charge in [-0.3, -0.25) is 9.58 Å². The maximum Gasteiger partial charge on any atom is 0.133 e. The van der Waals surface area contributed by atoms with E-state index in [1.807, 2.05) is 6.20 Å². The van der Waals surface area contributed by atoms with E-state index in [9.17, 15) is 0 Å². The number of aryl methyl sites for hydroxylation is 1. The molecule has 0 amide bonds. The second-order valence-electron chi connectivity index (χ2n) is 9.61. The minimum atomic E-state index is 0.00191. The van der Waals surface area contributed by atoms with Crippen LogP contribution in [0.1, 0.15) is 75.6 Å². The Balaban J connectivity index is 1.80. The number of nitrogens with zero attached hydrogens (tertiary/aromatic N) is 5. The van der Waals surface area contributed by atoms with E-state index in [-0.39, 0.29) is 11.0 Å². The summed E-state index contributed by atoms with van der Waals surface area (Å²) in [5.41, 5.74) is 6.28. The highest BCUT2D eigenvalue weighted by Crippen LogP contribution is 2.26. The fourth-order valence-corrected chi connectivity index (χ4v) is 3.65. The molecule has 0 aromatic carbocycles. The summed E-state index contributed by atoms with van der Waals surface area (Å²) >= 11 is 0. The minimum Gasteiger partial charge on any atom is -0.294 e. The van der Waals surface area contributed by atoms with Crippen LogP contribution in [0.2, 0.25) is 0 Å². The van der Waals surface area contributed by atoms with Gasteiger partial charge >= 0.3 is 0 Å². The molecular formula is C21H33N5. The van der Waals surface area contributed by atoms with E-state index in [1.54, 1.807) is 0 Å². The van der Waals surface area contributed by atoms with Crippen LogP contribution in [-0.4, -0.2) is 31.2 Å². The lowest BCUT2D eigenvalue weighted by molar-refractivity contribution is 0.240. The quantitative estimate of drug-likeness (QED) is 0.820. The van der Waals surface area contributed by atoms with Crippen molar-refractivity contribution in [1.82, 2.24) is 24.6 Å². The Hall–Kier alpha value is -1.75. The smallest absolute Gasteiger partial charge is 0.133 e. The van der Waals surface area contributed by atoms with Crippen LogP contribution in [0.4, 0.5) is 0 Å². The molecule has 5 heteroatoms. The Bertz CT molecular complexity index is 805. The van der Waals surface area contributed by atoms with Crippen molar-refractivity contribution in [3.63, 3.8) is 0 Å². The van der Waals surface area contributed by atoms with Gasteiger partial charge in [-0.2, -0.15) is 5.10 Å². The van der Waals surface area contributed by atoms with Crippen LogP contribution < -0.4 is 0 Å². The van der Waals surface area contributed by atoms with Gasteiger partial charge in [0.2, 0.25) is 0 Å². The first-order valence-corrected chi connectivity index (χ1v) is 9.60. The lowest BCUT2D eigenvalue weighted by Gasteiger charge is -2.29. The van der Waals surface area contributed by atoms with Crippen molar-refractivity contribution in [1.29, 1.82) is 0 Å². The van der Waals surface area contributed by atoms with Crippen molar-refractivity contribution in [2.75, 3.05) is 6.54 Å². The van der Waals surface area contributed by atoms with Gasteiger partial charge in [0.25, 0.3) is 0 Å². The van der Waals surface area contributed by atoms with E-state index in [1.165, 1.54) is 22.5 Å². The van der Waals surface area contributed by atoms with Crippen LogP contribution in [0.15, 0.2) is 6.20 Å². The molecule has 1 aliphatic rings. The first-order valence-electron chi connectivity index (χ1n) is 9.60. The van der Waals surface area contributed by atoms with E-state index < -0.39 is 0 Å². The van der Waals surface area contributed by atoms with Gasteiger partial charge in [0.1, 0.15) is 5.82 Å². The normalized spacial score (nSPS) is 16.0. The van der Waals surface area contributed by atoms with Gasteiger partial charge < -0.3 is 0 Å². The molecule has 5 nitrogen and oxygen atoms in total. The van der Waals surface area contributed by atoms with Crippen molar-refractivity contribution >= 4 is 0 Å². The van der Waals surface area contributed by atoms with E-state index in [2.05, 4.69) is 70.0 Å². The summed E-state index contributed by atoms with van der Waals surface area (Å²) in [6, 6.07) is 0. The summed E-state index contributed by atoms with van der Waals surface area (Å²) in [6.07, 6.45) is 3.03. The van der Waals surface area contributed by atoms with Crippen LogP contribution in [0, 0.1) is 13.8 Å². The zero-order valence-corrected chi connectivity index (χ0v) is 17.6. The molecule has 0 atom stereocenters. The van der Waals surface area contributed by atoms with Gasteiger partial charge in [0, 0.05) is 60.2 Å². The number of hydrogen-bond acceptors (Lipinski definition) is 4.